The number of carbonyl (C=O) groups excluding carboxylic acids is 2. The van der Waals surface area contributed by atoms with Gasteiger partial charge in [0.05, 0.1) is 30.1 Å². The summed E-state index contributed by atoms with van der Waals surface area (Å²) >= 11 is 0. The fraction of sp³-hybridized carbons (Fsp3) is 0.500. The third-order valence-electron chi connectivity index (χ3n) is 4.82. The minimum absolute atomic E-state index is 0.0610. The van der Waals surface area contributed by atoms with Crippen LogP contribution in [0.4, 0.5) is 5.69 Å². The van der Waals surface area contributed by atoms with Gasteiger partial charge in [-0.1, -0.05) is 0 Å². The topological polar surface area (TPSA) is 86.4 Å². The number of Topliss-reactive ketones (excluding diaryl/α,β-unsaturated/α-hetero) is 1. The first kappa shape index (κ1) is 16.1. The van der Waals surface area contributed by atoms with Crippen LogP contribution in [0.5, 0.6) is 0 Å². The van der Waals surface area contributed by atoms with E-state index in [1.165, 1.54) is 0 Å². The van der Waals surface area contributed by atoms with Crippen LogP contribution in [0.1, 0.15) is 57.9 Å². The zero-order valence-electron chi connectivity index (χ0n) is 14.2. The predicted molar refractivity (Wildman–Crippen MR) is 89.9 cm³/mol. The van der Waals surface area contributed by atoms with E-state index < -0.39 is 0 Å². The molecule has 0 spiro atoms. The highest BCUT2D eigenvalue weighted by Gasteiger charge is 2.29. The number of aromatic nitrogens is 2. The fourth-order valence-electron chi connectivity index (χ4n) is 3.58. The van der Waals surface area contributed by atoms with E-state index in [-0.39, 0.29) is 23.6 Å². The quantitative estimate of drug-likeness (QED) is 0.922. The molecule has 0 saturated carbocycles. The van der Waals surface area contributed by atoms with Crippen molar-refractivity contribution in [1.82, 2.24) is 9.78 Å². The van der Waals surface area contributed by atoms with Crippen LogP contribution in [0.3, 0.4) is 0 Å². The van der Waals surface area contributed by atoms with Gasteiger partial charge in [-0.15, -0.1) is 0 Å². The Balaban J connectivity index is 1.47. The fourth-order valence-corrected chi connectivity index (χ4v) is 3.58. The Morgan fingerprint density at radius 2 is 2.28 bits per heavy atom. The van der Waals surface area contributed by atoms with Crippen LogP contribution in [0.15, 0.2) is 16.8 Å². The molecular weight excluding hydrogens is 322 g/mol. The smallest absolute Gasteiger partial charge is 0.291 e. The summed E-state index contributed by atoms with van der Waals surface area (Å²) in [5, 5.41) is 7.06. The Labute approximate surface area is 145 Å². The summed E-state index contributed by atoms with van der Waals surface area (Å²) in [6.07, 6.45) is 7.69. The summed E-state index contributed by atoms with van der Waals surface area (Å²) in [5.74, 6) is 0.558. The number of nitrogens with zero attached hydrogens (tertiary/aromatic N) is 2. The van der Waals surface area contributed by atoms with Crippen molar-refractivity contribution in [2.75, 3.05) is 11.9 Å². The lowest BCUT2D eigenvalue weighted by atomic mass is 9.94. The Kier molecular flexibility index (Phi) is 4.17. The lowest BCUT2D eigenvalue weighted by molar-refractivity contribution is 0.0939. The number of ketones is 1. The second kappa shape index (κ2) is 6.48. The van der Waals surface area contributed by atoms with Crippen molar-refractivity contribution in [2.24, 2.45) is 0 Å². The van der Waals surface area contributed by atoms with Crippen molar-refractivity contribution in [3.63, 3.8) is 0 Å². The number of hydrogen-bond acceptors (Lipinski definition) is 5. The van der Waals surface area contributed by atoms with Crippen LogP contribution in [-0.4, -0.2) is 34.2 Å². The van der Waals surface area contributed by atoms with Gasteiger partial charge in [0.15, 0.2) is 11.5 Å². The van der Waals surface area contributed by atoms with Gasteiger partial charge in [-0.05, 0) is 26.2 Å². The van der Waals surface area contributed by atoms with Gasteiger partial charge in [-0.2, -0.15) is 5.10 Å². The van der Waals surface area contributed by atoms with Crippen molar-refractivity contribution < 1.29 is 18.7 Å². The molecule has 1 atom stereocenters. The minimum Gasteiger partial charge on any atom is -0.455 e. The van der Waals surface area contributed by atoms with Crippen molar-refractivity contribution in [3.05, 3.63) is 35.0 Å². The number of amides is 1. The molecule has 25 heavy (non-hydrogen) atoms. The summed E-state index contributed by atoms with van der Waals surface area (Å²) in [6.45, 7) is 3.25. The summed E-state index contributed by atoms with van der Waals surface area (Å²) < 4.78 is 13.0. The second-order valence-corrected chi connectivity index (χ2v) is 6.67. The van der Waals surface area contributed by atoms with Gasteiger partial charge in [0.2, 0.25) is 0 Å². The van der Waals surface area contributed by atoms with Crippen LogP contribution in [0.25, 0.3) is 0 Å². The highest BCUT2D eigenvalue weighted by molar-refractivity contribution is 6.07. The SMILES string of the molecule is Cc1c(C(=O)Nc2cnn(C[C@H]3CCCO3)c2)oc2c1C(=O)CCC2. The van der Waals surface area contributed by atoms with Crippen LogP contribution >= 0.6 is 0 Å². The van der Waals surface area contributed by atoms with E-state index >= 15 is 0 Å². The molecule has 2 aliphatic rings. The molecule has 1 fully saturated rings. The molecule has 1 aliphatic heterocycles. The third-order valence-corrected chi connectivity index (χ3v) is 4.82. The molecule has 0 radical (unpaired) electrons. The Bertz CT molecular complexity index is 814. The van der Waals surface area contributed by atoms with Crippen LogP contribution < -0.4 is 5.32 Å². The lowest BCUT2D eigenvalue weighted by Crippen LogP contribution is -2.15. The minimum atomic E-state index is -0.351. The first-order valence-corrected chi connectivity index (χ1v) is 8.72. The standard InChI is InChI=1S/C18H21N3O4/c1-11-16-14(22)5-2-6-15(16)25-17(11)18(23)20-12-8-19-21(9-12)10-13-4-3-7-24-13/h8-9,13H,2-7,10H2,1H3,(H,20,23)/t13-/m1/s1. The molecule has 1 saturated heterocycles. The molecule has 0 bridgehead atoms. The van der Waals surface area contributed by atoms with Crippen molar-refractivity contribution >= 4 is 17.4 Å². The van der Waals surface area contributed by atoms with Gasteiger partial charge in [0, 0.05) is 31.2 Å². The Morgan fingerprint density at radius 1 is 1.40 bits per heavy atom. The molecule has 7 nitrogen and oxygen atoms in total. The maximum absolute atomic E-state index is 12.5. The van der Waals surface area contributed by atoms with Gasteiger partial charge in [0.1, 0.15) is 5.76 Å². The van der Waals surface area contributed by atoms with Gasteiger partial charge < -0.3 is 14.5 Å². The predicted octanol–water partition coefficient (Wildman–Crippen LogP) is 2.73. The number of ether oxygens (including phenoxy) is 1. The number of carbonyl (C=O) groups is 2. The number of rotatable bonds is 4. The molecular formula is C18H21N3O4. The molecule has 2 aromatic heterocycles. The summed E-state index contributed by atoms with van der Waals surface area (Å²) in [5.41, 5.74) is 1.82. The normalized spacial score (nSPS) is 19.9. The summed E-state index contributed by atoms with van der Waals surface area (Å²) in [7, 11) is 0. The van der Waals surface area contributed by atoms with Crippen molar-refractivity contribution in [2.45, 2.75) is 51.7 Å². The van der Waals surface area contributed by atoms with E-state index in [4.69, 9.17) is 9.15 Å². The first-order chi connectivity index (χ1) is 12.1. The number of hydrogen-bond donors (Lipinski definition) is 1. The van der Waals surface area contributed by atoms with E-state index in [0.717, 1.165) is 25.9 Å². The number of anilines is 1. The molecule has 7 heteroatoms. The first-order valence-electron chi connectivity index (χ1n) is 8.72. The van der Waals surface area contributed by atoms with Crippen LogP contribution in [0.2, 0.25) is 0 Å². The molecule has 0 unspecified atom stereocenters. The number of fused-ring (bicyclic) bond motifs is 1. The zero-order valence-corrected chi connectivity index (χ0v) is 14.2. The average Bonchev–Trinajstić information content (AvgIpc) is 3.30. The third kappa shape index (κ3) is 3.11. The van der Waals surface area contributed by atoms with Crippen molar-refractivity contribution in [3.8, 4) is 0 Å². The average molecular weight is 343 g/mol. The maximum atomic E-state index is 12.5. The van der Waals surface area contributed by atoms with E-state index in [9.17, 15) is 9.59 Å². The van der Waals surface area contributed by atoms with E-state index in [1.54, 1.807) is 24.0 Å². The molecule has 132 valence electrons. The van der Waals surface area contributed by atoms with Gasteiger partial charge in [-0.25, -0.2) is 0 Å². The highest BCUT2D eigenvalue weighted by Crippen LogP contribution is 2.29. The Hall–Kier alpha value is -2.41. The second-order valence-electron chi connectivity index (χ2n) is 6.67. The lowest BCUT2D eigenvalue weighted by Gasteiger charge is -2.08. The highest BCUT2D eigenvalue weighted by atomic mass is 16.5. The molecule has 1 amide bonds. The maximum Gasteiger partial charge on any atom is 0.291 e. The van der Waals surface area contributed by atoms with Gasteiger partial charge in [0.25, 0.3) is 5.91 Å². The van der Waals surface area contributed by atoms with E-state index in [2.05, 4.69) is 10.4 Å². The molecule has 4 rings (SSSR count). The van der Waals surface area contributed by atoms with Crippen LogP contribution in [-0.2, 0) is 17.7 Å². The van der Waals surface area contributed by atoms with Gasteiger partial charge >= 0.3 is 0 Å². The molecule has 2 aromatic rings. The number of aryl methyl sites for hydroxylation is 1. The monoisotopic (exact) mass is 343 g/mol. The largest absolute Gasteiger partial charge is 0.455 e. The summed E-state index contributed by atoms with van der Waals surface area (Å²) in [6, 6.07) is 0. The zero-order chi connectivity index (χ0) is 17.4. The molecule has 1 aliphatic carbocycles. The number of nitrogens with one attached hydrogen (secondary N) is 1. The van der Waals surface area contributed by atoms with E-state index in [1.807, 2.05) is 0 Å². The van der Waals surface area contributed by atoms with Crippen molar-refractivity contribution in [1.29, 1.82) is 0 Å². The van der Waals surface area contributed by atoms with Gasteiger partial charge in [-0.3, -0.25) is 14.3 Å². The Morgan fingerprint density at radius 3 is 3.04 bits per heavy atom. The van der Waals surface area contributed by atoms with Crippen LogP contribution in [0, 0.1) is 6.92 Å². The van der Waals surface area contributed by atoms with E-state index in [0.29, 0.717) is 42.0 Å². The molecule has 1 N–H and O–H groups in total. The number of furan rings is 1. The molecule has 0 aromatic carbocycles. The molecule has 3 heterocycles. The summed E-state index contributed by atoms with van der Waals surface area (Å²) in [4.78, 5) is 24.6.